The van der Waals surface area contributed by atoms with E-state index < -0.39 is 0 Å². The van der Waals surface area contributed by atoms with E-state index in [1.54, 1.807) is 23.3 Å². The Morgan fingerprint density at radius 1 is 1.23 bits per heavy atom. The Kier molecular flexibility index (Phi) is 4.59. The number of nitrogens with one attached hydrogen (secondary N) is 2. The van der Waals surface area contributed by atoms with Crippen LogP contribution in [-0.4, -0.2) is 25.7 Å². The lowest BCUT2D eigenvalue weighted by molar-refractivity contribution is -0.122. The molecule has 1 aliphatic rings. The van der Waals surface area contributed by atoms with E-state index in [1.807, 2.05) is 36.5 Å². The zero-order chi connectivity index (χ0) is 17.8. The lowest BCUT2D eigenvalue weighted by atomic mass is 9.85. The first-order valence-corrected chi connectivity index (χ1v) is 8.74. The highest BCUT2D eigenvalue weighted by atomic mass is 16.1. The van der Waals surface area contributed by atoms with Crippen molar-refractivity contribution in [1.29, 1.82) is 0 Å². The summed E-state index contributed by atoms with van der Waals surface area (Å²) in [4.78, 5) is 20.8. The maximum absolute atomic E-state index is 12.1. The van der Waals surface area contributed by atoms with Crippen LogP contribution in [0.25, 0.3) is 5.82 Å². The van der Waals surface area contributed by atoms with E-state index in [-0.39, 0.29) is 11.8 Å². The van der Waals surface area contributed by atoms with E-state index in [9.17, 15) is 4.79 Å². The van der Waals surface area contributed by atoms with Crippen molar-refractivity contribution in [3.05, 3.63) is 60.7 Å². The van der Waals surface area contributed by atoms with Crippen LogP contribution in [0.2, 0.25) is 0 Å². The van der Waals surface area contributed by atoms with E-state index in [0.29, 0.717) is 18.2 Å². The molecule has 2 aromatic heterocycles. The maximum Gasteiger partial charge on any atom is 0.227 e. The largest absolute Gasteiger partial charge is 0.365 e. The molecule has 3 aromatic rings. The van der Waals surface area contributed by atoms with Crippen LogP contribution in [0.5, 0.6) is 0 Å². The molecular weight excluding hydrogens is 328 g/mol. The molecule has 26 heavy (non-hydrogen) atoms. The average molecular weight is 348 g/mol. The number of carbonyl (C=O) groups is 1. The van der Waals surface area contributed by atoms with Gasteiger partial charge in [-0.15, -0.1) is 0 Å². The van der Waals surface area contributed by atoms with Gasteiger partial charge < -0.3 is 10.6 Å². The normalized spacial score (nSPS) is 13.8. The Morgan fingerprint density at radius 3 is 2.92 bits per heavy atom. The fourth-order valence-corrected chi connectivity index (χ4v) is 2.82. The minimum Gasteiger partial charge on any atom is -0.365 e. The molecule has 0 radical (unpaired) electrons. The summed E-state index contributed by atoms with van der Waals surface area (Å²) < 4.78 is 1.66. The number of hydrogen-bond donors (Lipinski definition) is 2. The smallest absolute Gasteiger partial charge is 0.227 e. The Bertz CT molecular complexity index is 889. The highest BCUT2D eigenvalue weighted by molar-refractivity contribution is 5.93. The van der Waals surface area contributed by atoms with Gasteiger partial charge in [0.1, 0.15) is 5.82 Å². The van der Waals surface area contributed by atoms with Gasteiger partial charge in [-0.3, -0.25) is 9.78 Å². The van der Waals surface area contributed by atoms with Gasteiger partial charge in [0.2, 0.25) is 5.91 Å². The third kappa shape index (κ3) is 3.72. The molecule has 2 heterocycles. The van der Waals surface area contributed by atoms with Crippen LogP contribution in [0.3, 0.4) is 0 Å². The molecule has 1 aromatic carbocycles. The number of rotatable bonds is 6. The van der Waals surface area contributed by atoms with E-state index >= 15 is 0 Å². The average Bonchev–Trinajstić information content (AvgIpc) is 3.14. The van der Waals surface area contributed by atoms with Crippen molar-refractivity contribution >= 4 is 17.4 Å². The first kappa shape index (κ1) is 16.3. The van der Waals surface area contributed by atoms with Gasteiger partial charge in [0, 0.05) is 30.5 Å². The Labute approximate surface area is 151 Å². The van der Waals surface area contributed by atoms with Gasteiger partial charge in [0.15, 0.2) is 5.82 Å². The number of benzene rings is 1. The predicted molar refractivity (Wildman–Crippen MR) is 98.9 cm³/mol. The monoisotopic (exact) mass is 348 g/mol. The van der Waals surface area contributed by atoms with E-state index in [2.05, 4.69) is 25.7 Å². The van der Waals surface area contributed by atoms with Gasteiger partial charge in [-0.2, -0.15) is 5.10 Å². The van der Waals surface area contributed by atoms with Gasteiger partial charge in [0.25, 0.3) is 0 Å². The molecule has 1 aliphatic carbocycles. The van der Waals surface area contributed by atoms with Crippen molar-refractivity contribution < 1.29 is 4.79 Å². The molecule has 132 valence electrons. The van der Waals surface area contributed by atoms with Crippen LogP contribution in [0.15, 0.2) is 55.1 Å². The molecule has 2 N–H and O–H groups in total. The van der Waals surface area contributed by atoms with Crippen LogP contribution >= 0.6 is 0 Å². The molecule has 4 rings (SSSR count). The molecule has 1 amide bonds. The molecule has 0 atom stereocenters. The number of hydrogen-bond acceptors (Lipinski definition) is 5. The molecule has 7 heteroatoms. The molecule has 0 bridgehead atoms. The lowest BCUT2D eigenvalue weighted by Gasteiger charge is -2.24. The highest BCUT2D eigenvalue weighted by Gasteiger charge is 2.25. The van der Waals surface area contributed by atoms with Crippen molar-refractivity contribution in [3.8, 4) is 5.82 Å². The summed E-state index contributed by atoms with van der Waals surface area (Å²) in [6.45, 7) is 0.588. The summed E-state index contributed by atoms with van der Waals surface area (Å²) in [7, 11) is 0. The standard InChI is InChI=1S/C19H20N6O/c26-19(15-5-2-6-15)23-16-7-1-4-14(10-16)11-21-17-12-20-13-18(24-17)25-9-3-8-22-25/h1,3-4,7-10,12-13,15H,2,5-6,11H2,(H,21,24)(H,23,26). The molecule has 1 fully saturated rings. The number of aromatic nitrogens is 4. The van der Waals surface area contributed by atoms with Crippen molar-refractivity contribution in [2.24, 2.45) is 5.92 Å². The quantitative estimate of drug-likeness (QED) is 0.715. The lowest BCUT2D eigenvalue weighted by Crippen LogP contribution is -2.28. The van der Waals surface area contributed by atoms with E-state index in [0.717, 1.165) is 30.5 Å². The van der Waals surface area contributed by atoms with Gasteiger partial charge in [-0.05, 0) is 36.6 Å². The first-order valence-electron chi connectivity index (χ1n) is 8.74. The van der Waals surface area contributed by atoms with Gasteiger partial charge >= 0.3 is 0 Å². The third-order valence-corrected chi connectivity index (χ3v) is 4.51. The molecule has 1 saturated carbocycles. The van der Waals surface area contributed by atoms with Gasteiger partial charge in [-0.1, -0.05) is 18.6 Å². The first-order chi connectivity index (χ1) is 12.8. The summed E-state index contributed by atoms with van der Waals surface area (Å²) in [5.74, 6) is 1.62. The minimum absolute atomic E-state index is 0.124. The van der Waals surface area contributed by atoms with E-state index in [1.165, 1.54) is 0 Å². The molecule has 0 unspecified atom stereocenters. The predicted octanol–water partition coefficient (Wildman–Crippen LogP) is 3.01. The molecular formula is C19H20N6O. The number of amides is 1. The van der Waals surface area contributed by atoms with E-state index in [4.69, 9.17) is 0 Å². The van der Waals surface area contributed by atoms with Crippen LogP contribution < -0.4 is 10.6 Å². The zero-order valence-electron chi connectivity index (χ0n) is 14.3. The van der Waals surface area contributed by atoms with Crippen LogP contribution in [0, 0.1) is 5.92 Å². The Morgan fingerprint density at radius 2 is 2.15 bits per heavy atom. The van der Waals surface area contributed by atoms with Crippen molar-refractivity contribution in [3.63, 3.8) is 0 Å². The zero-order valence-corrected chi connectivity index (χ0v) is 14.3. The van der Waals surface area contributed by atoms with Crippen molar-refractivity contribution in [2.45, 2.75) is 25.8 Å². The fourth-order valence-electron chi connectivity index (χ4n) is 2.82. The topological polar surface area (TPSA) is 84.7 Å². The van der Waals surface area contributed by atoms with Crippen LogP contribution in [0.4, 0.5) is 11.5 Å². The Hall–Kier alpha value is -3.22. The number of nitrogens with zero attached hydrogens (tertiary/aromatic N) is 4. The second-order valence-electron chi connectivity index (χ2n) is 6.38. The fraction of sp³-hybridized carbons (Fsp3) is 0.263. The molecule has 0 spiro atoms. The van der Waals surface area contributed by atoms with Crippen LogP contribution in [0.1, 0.15) is 24.8 Å². The summed E-state index contributed by atoms with van der Waals surface area (Å²) in [6.07, 6.45) is 10.0. The minimum atomic E-state index is 0.124. The summed E-state index contributed by atoms with van der Waals surface area (Å²) in [5.41, 5.74) is 1.89. The van der Waals surface area contributed by atoms with Crippen LogP contribution in [-0.2, 0) is 11.3 Å². The maximum atomic E-state index is 12.1. The number of carbonyl (C=O) groups excluding carboxylic acids is 1. The second-order valence-corrected chi connectivity index (χ2v) is 6.38. The molecule has 7 nitrogen and oxygen atoms in total. The summed E-state index contributed by atoms with van der Waals surface area (Å²) in [6, 6.07) is 9.69. The molecule has 0 aliphatic heterocycles. The highest BCUT2D eigenvalue weighted by Crippen LogP contribution is 2.27. The van der Waals surface area contributed by atoms with Gasteiger partial charge in [-0.25, -0.2) is 9.67 Å². The third-order valence-electron chi connectivity index (χ3n) is 4.51. The second kappa shape index (κ2) is 7.35. The van der Waals surface area contributed by atoms with Crippen molar-refractivity contribution in [1.82, 2.24) is 19.7 Å². The van der Waals surface area contributed by atoms with Gasteiger partial charge in [0.05, 0.1) is 12.4 Å². The number of anilines is 2. The summed E-state index contributed by atoms with van der Waals surface area (Å²) >= 11 is 0. The Balaban J connectivity index is 1.39. The summed E-state index contributed by atoms with van der Waals surface area (Å²) in [5, 5.41) is 10.4. The molecule has 0 saturated heterocycles. The SMILES string of the molecule is O=C(Nc1cccc(CNc2cncc(-n3cccn3)n2)c1)C1CCC1. The van der Waals surface area contributed by atoms with Crippen molar-refractivity contribution in [2.75, 3.05) is 10.6 Å².